The molecule has 0 aliphatic rings. The average Bonchev–Trinajstić information content (AvgIpc) is 2.66. The summed E-state index contributed by atoms with van der Waals surface area (Å²) in [5, 5.41) is 0.897. The van der Waals surface area contributed by atoms with Gasteiger partial charge in [0.1, 0.15) is 5.75 Å². The third-order valence-corrected chi connectivity index (χ3v) is 4.63. The van der Waals surface area contributed by atoms with E-state index in [1.165, 1.54) is 0 Å². The summed E-state index contributed by atoms with van der Waals surface area (Å²) in [6.07, 6.45) is 0. The summed E-state index contributed by atoms with van der Waals surface area (Å²) in [6, 6.07) is 17.6. The van der Waals surface area contributed by atoms with Gasteiger partial charge in [-0.3, -0.25) is 9.78 Å². The summed E-state index contributed by atoms with van der Waals surface area (Å²) in [5.74, 6) is 0.716. The van der Waals surface area contributed by atoms with Gasteiger partial charge in [-0.05, 0) is 43.7 Å². The molecule has 0 saturated carbocycles. The van der Waals surface area contributed by atoms with Gasteiger partial charge in [0.2, 0.25) is 0 Å². The highest BCUT2D eigenvalue weighted by Crippen LogP contribution is 2.25. The number of benzene rings is 2. The van der Waals surface area contributed by atoms with Crippen molar-refractivity contribution in [1.82, 2.24) is 9.88 Å². The normalized spacial score (nSPS) is 12.0. The van der Waals surface area contributed by atoms with E-state index < -0.39 is 0 Å². The Kier molecular flexibility index (Phi) is 4.70. The Morgan fingerprint density at radius 1 is 1.12 bits per heavy atom. The van der Waals surface area contributed by atoms with Crippen molar-refractivity contribution in [3.05, 3.63) is 71.4 Å². The third-order valence-electron chi connectivity index (χ3n) is 4.63. The molecule has 25 heavy (non-hydrogen) atoms. The van der Waals surface area contributed by atoms with Crippen LogP contribution < -0.4 is 4.74 Å². The van der Waals surface area contributed by atoms with Gasteiger partial charge in [-0.15, -0.1) is 0 Å². The van der Waals surface area contributed by atoms with Crippen LogP contribution in [0.3, 0.4) is 0 Å². The smallest absolute Gasteiger partial charge is 0.255 e. The largest absolute Gasteiger partial charge is 0.497 e. The molecule has 0 spiro atoms. The van der Waals surface area contributed by atoms with Crippen molar-refractivity contribution in [2.75, 3.05) is 14.2 Å². The maximum atomic E-state index is 13.0. The van der Waals surface area contributed by atoms with Crippen molar-refractivity contribution < 1.29 is 9.53 Å². The Morgan fingerprint density at radius 3 is 2.52 bits per heavy atom. The van der Waals surface area contributed by atoms with Crippen LogP contribution in [0.25, 0.3) is 10.9 Å². The molecule has 0 aliphatic heterocycles. The molecule has 1 heterocycles. The molecule has 1 atom stereocenters. The summed E-state index contributed by atoms with van der Waals surface area (Å²) >= 11 is 0. The van der Waals surface area contributed by atoms with Crippen LogP contribution >= 0.6 is 0 Å². The highest BCUT2D eigenvalue weighted by atomic mass is 16.5. The van der Waals surface area contributed by atoms with Gasteiger partial charge in [0.05, 0.1) is 29.9 Å². The van der Waals surface area contributed by atoms with Gasteiger partial charge < -0.3 is 9.64 Å². The Bertz CT molecular complexity index is 906. The molecule has 128 valence electrons. The van der Waals surface area contributed by atoms with Crippen molar-refractivity contribution in [2.45, 2.75) is 19.9 Å². The molecule has 0 aliphatic carbocycles. The fraction of sp³-hybridized carbons (Fsp3) is 0.238. The lowest BCUT2D eigenvalue weighted by atomic mass is 10.0. The highest BCUT2D eigenvalue weighted by molar-refractivity contribution is 5.98. The zero-order valence-electron chi connectivity index (χ0n) is 15.0. The fourth-order valence-electron chi connectivity index (χ4n) is 2.92. The number of nitrogens with zero attached hydrogens (tertiary/aromatic N) is 2. The van der Waals surface area contributed by atoms with Crippen molar-refractivity contribution in [3.63, 3.8) is 0 Å². The summed E-state index contributed by atoms with van der Waals surface area (Å²) in [4.78, 5) is 19.4. The second kappa shape index (κ2) is 6.93. The third kappa shape index (κ3) is 3.33. The maximum absolute atomic E-state index is 13.0. The zero-order chi connectivity index (χ0) is 18.0. The highest BCUT2D eigenvalue weighted by Gasteiger charge is 2.21. The van der Waals surface area contributed by atoms with Gasteiger partial charge in [-0.2, -0.15) is 0 Å². The molecule has 3 aromatic rings. The SMILES string of the molecule is COc1ccc2nc(C)c(C(=O)N(C)C(C)c3ccccc3)cc2c1. The predicted molar refractivity (Wildman–Crippen MR) is 100.0 cm³/mol. The number of amides is 1. The first-order valence-electron chi connectivity index (χ1n) is 8.28. The van der Waals surface area contributed by atoms with Gasteiger partial charge in [0.15, 0.2) is 0 Å². The summed E-state index contributed by atoms with van der Waals surface area (Å²) in [6.45, 7) is 3.90. The van der Waals surface area contributed by atoms with E-state index in [1.807, 2.05) is 75.5 Å². The molecule has 3 rings (SSSR count). The fourth-order valence-corrected chi connectivity index (χ4v) is 2.92. The zero-order valence-corrected chi connectivity index (χ0v) is 15.0. The number of carbonyl (C=O) groups is 1. The van der Waals surface area contributed by atoms with Crippen LogP contribution in [0.2, 0.25) is 0 Å². The minimum atomic E-state index is -0.0360. The number of pyridine rings is 1. The lowest BCUT2D eigenvalue weighted by molar-refractivity contribution is 0.0741. The average molecular weight is 334 g/mol. The van der Waals surface area contributed by atoms with E-state index in [4.69, 9.17) is 4.74 Å². The number of carbonyl (C=O) groups excluding carboxylic acids is 1. The van der Waals surface area contributed by atoms with E-state index in [1.54, 1.807) is 12.0 Å². The van der Waals surface area contributed by atoms with Crippen LogP contribution in [0.15, 0.2) is 54.6 Å². The van der Waals surface area contributed by atoms with Crippen LogP contribution in [0.4, 0.5) is 0 Å². The molecule has 0 bridgehead atoms. The number of aryl methyl sites for hydroxylation is 1. The van der Waals surface area contributed by atoms with Crippen molar-refractivity contribution in [3.8, 4) is 5.75 Å². The summed E-state index contributed by atoms with van der Waals surface area (Å²) in [7, 11) is 3.46. The Morgan fingerprint density at radius 2 is 1.84 bits per heavy atom. The second-order valence-electron chi connectivity index (χ2n) is 6.18. The molecular weight excluding hydrogens is 312 g/mol. The minimum absolute atomic E-state index is 0.0193. The van der Waals surface area contributed by atoms with Crippen LogP contribution in [-0.2, 0) is 0 Å². The topological polar surface area (TPSA) is 42.4 Å². The summed E-state index contributed by atoms with van der Waals surface area (Å²) < 4.78 is 5.27. The van der Waals surface area contributed by atoms with Gasteiger partial charge in [-0.25, -0.2) is 0 Å². The van der Waals surface area contributed by atoms with E-state index in [9.17, 15) is 4.79 Å². The lowest BCUT2D eigenvalue weighted by Gasteiger charge is -2.26. The number of methoxy groups -OCH3 is 1. The van der Waals surface area contributed by atoms with E-state index in [2.05, 4.69) is 4.98 Å². The molecule has 4 nitrogen and oxygen atoms in total. The van der Waals surface area contributed by atoms with Crippen molar-refractivity contribution >= 4 is 16.8 Å². The lowest BCUT2D eigenvalue weighted by Crippen LogP contribution is -2.30. The van der Waals surface area contributed by atoms with E-state index in [0.29, 0.717) is 5.56 Å². The first kappa shape index (κ1) is 17.0. The van der Waals surface area contributed by atoms with Crippen LogP contribution in [0, 0.1) is 6.92 Å². The number of aromatic nitrogens is 1. The Balaban J connectivity index is 1.96. The first-order chi connectivity index (χ1) is 12.0. The van der Waals surface area contributed by atoms with Gasteiger partial charge >= 0.3 is 0 Å². The predicted octanol–water partition coefficient (Wildman–Crippen LogP) is 4.39. The number of hydrogen-bond donors (Lipinski definition) is 0. The van der Waals surface area contributed by atoms with Crippen molar-refractivity contribution in [2.24, 2.45) is 0 Å². The molecular formula is C21H22N2O2. The van der Waals surface area contributed by atoms with Gasteiger partial charge in [0.25, 0.3) is 5.91 Å². The van der Waals surface area contributed by atoms with Crippen LogP contribution in [0.1, 0.15) is 34.6 Å². The number of hydrogen-bond acceptors (Lipinski definition) is 3. The van der Waals surface area contributed by atoms with E-state index in [0.717, 1.165) is 27.9 Å². The molecule has 1 amide bonds. The minimum Gasteiger partial charge on any atom is -0.497 e. The molecule has 0 N–H and O–H groups in total. The Labute approximate surface area is 148 Å². The molecule has 2 aromatic carbocycles. The monoisotopic (exact) mass is 334 g/mol. The molecule has 0 radical (unpaired) electrons. The number of ether oxygens (including phenoxy) is 1. The second-order valence-corrected chi connectivity index (χ2v) is 6.18. The first-order valence-corrected chi connectivity index (χ1v) is 8.28. The standard InChI is InChI=1S/C21H22N2O2/c1-14-19(13-17-12-18(25-4)10-11-20(17)22-14)21(24)23(3)15(2)16-8-6-5-7-9-16/h5-13,15H,1-4H3. The van der Waals surface area contributed by atoms with Crippen molar-refractivity contribution in [1.29, 1.82) is 0 Å². The molecule has 4 heteroatoms. The Hall–Kier alpha value is -2.88. The van der Waals surface area contributed by atoms with Crippen LogP contribution in [0.5, 0.6) is 5.75 Å². The maximum Gasteiger partial charge on any atom is 0.255 e. The van der Waals surface area contributed by atoms with Crippen LogP contribution in [-0.4, -0.2) is 29.9 Å². The molecule has 1 aromatic heterocycles. The summed E-state index contributed by atoms with van der Waals surface area (Å²) in [5.41, 5.74) is 3.31. The molecule has 0 saturated heterocycles. The van der Waals surface area contributed by atoms with Gasteiger partial charge in [0, 0.05) is 12.4 Å². The van der Waals surface area contributed by atoms with Gasteiger partial charge in [-0.1, -0.05) is 30.3 Å². The molecule has 1 unspecified atom stereocenters. The number of rotatable bonds is 4. The number of fused-ring (bicyclic) bond motifs is 1. The van der Waals surface area contributed by atoms with E-state index >= 15 is 0 Å². The quantitative estimate of drug-likeness (QED) is 0.711. The molecule has 0 fully saturated rings. The van der Waals surface area contributed by atoms with E-state index in [-0.39, 0.29) is 11.9 Å².